The van der Waals surface area contributed by atoms with Gasteiger partial charge in [-0.1, -0.05) is 36.4 Å². The van der Waals surface area contributed by atoms with Crippen LogP contribution in [-0.4, -0.2) is 41.7 Å². The number of nitrogens with one attached hydrogen (secondary N) is 1. The molecule has 0 spiro atoms. The fourth-order valence-corrected chi connectivity index (χ4v) is 4.06. The van der Waals surface area contributed by atoms with Gasteiger partial charge in [0.2, 0.25) is 5.82 Å². The number of pyridine rings is 2. The predicted molar refractivity (Wildman–Crippen MR) is 124 cm³/mol. The van der Waals surface area contributed by atoms with E-state index in [-0.39, 0.29) is 17.2 Å². The van der Waals surface area contributed by atoms with Crippen molar-refractivity contribution in [1.29, 1.82) is 0 Å². The third-order valence-corrected chi connectivity index (χ3v) is 5.80. The van der Waals surface area contributed by atoms with Crippen molar-refractivity contribution in [3.05, 3.63) is 78.1 Å². The van der Waals surface area contributed by atoms with Crippen molar-refractivity contribution < 1.29 is 14.6 Å². The minimum atomic E-state index is -1.09. The van der Waals surface area contributed by atoms with Crippen LogP contribution < -0.4 is 4.74 Å². The molecule has 9 nitrogen and oxygen atoms in total. The number of aromatic amines is 1. The second kappa shape index (κ2) is 8.04. The van der Waals surface area contributed by atoms with E-state index in [1.807, 2.05) is 48.5 Å². The second-order valence-electron chi connectivity index (χ2n) is 8.06. The molecular formula is C25H18N6O3. The monoisotopic (exact) mass is 450 g/mol. The van der Waals surface area contributed by atoms with E-state index >= 15 is 0 Å². The van der Waals surface area contributed by atoms with Gasteiger partial charge < -0.3 is 9.84 Å². The highest BCUT2D eigenvalue weighted by atomic mass is 16.5. The van der Waals surface area contributed by atoms with Gasteiger partial charge in [0.25, 0.3) is 0 Å². The van der Waals surface area contributed by atoms with Crippen molar-refractivity contribution in [2.75, 3.05) is 0 Å². The lowest BCUT2D eigenvalue weighted by Gasteiger charge is -2.15. The fourth-order valence-electron chi connectivity index (χ4n) is 4.06. The molecule has 1 aliphatic rings. The Labute approximate surface area is 193 Å². The highest BCUT2D eigenvalue weighted by Crippen LogP contribution is 2.47. The van der Waals surface area contributed by atoms with E-state index in [1.54, 1.807) is 18.3 Å². The topological polar surface area (TPSA) is 127 Å². The average Bonchev–Trinajstić information content (AvgIpc) is 3.57. The third-order valence-electron chi connectivity index (χ3n) is 5.80. The van der Waals surface area contributed by atoms with Crippen LogP contribution in [0.1, 0.15) is 34.8 Å². The van der Waals surface area contributed by atoms with Crippen LogP contribution in [0, 0.1) is 0 Å². The first-order chi connectivity index (χ1) is 16.7. The molecule has 0 bridgehead atoms. The Morgan fingerprint density at radius 2 is 1.79 bits per heavy atom. The van der Waals surface area contributed by atoms with Crippen LogP contribution in [0.4, 0.5) is 0 Å². The van der Waals surface area contributed by atoms with E-state index < -0.39 is 5.97 Å². The number of tetrazole rings is 1. The predicted octanol–water partition coefficient (Wildman–Crippen LogP) is 4.84. The molecule has 2 aromatic carbocycles. The fraction of sp³-hybridized carbons (Fsp3) is 0.120. The molecule has 6 rings (SSSR count). The van der Waals surface area contributed by atoms with Crippen molar-refractivity contribution >= 4 is 17.0 Å². The number of rotatable bonds is 6. The number of carboxylic acid groups (broad SMARTS) is 1. The van der Waals surface area contributed by atoms with Gasteiger partial charge in [-0.05, 0) is 53.4 Å². The van der Waals surface area contributed by atoms with Crippen molar-refractivity contribution in [3.8, 4) is 34.0 Å². The molecule has 0 amide bonds. The minimum absolute atomic E-state index is 0.0408. The lowest BCUT2D eigenvalue weighted by molar-refractivity contribution is 0.0696. The first kappa shape index (κ1) is 20.0. The van der Waals surface area contributed by atoms with Crippen LogP contribution in [-0.2, 0) is 0 Å². The average molecular weight is 450 g/mol. The van der Waals surface area contributed by atoms with E-state index in [0.717, 1.165) is 29.5 Å². The number of aromatic nitrogens is 6. The summed E-state index contributed by atoms with van der Waals surface area (Å²) in [4.78, 5) is 21.2. The Hall–Kier alpha value is -4.66. The van der Waals surface area contributed by atoms with Crippen LogP contribution in [0.5, 0.6) is 11.5 Å². The van der Waals surface area contributed by atoms with E-state index in [4.69, 9.17) is 9.72 Å². The molecule has 9 heteroatoms. The summed E-state index contributed by atoms with van der Waals surface area (Å²) in [5.74, 6) is 0.390. The molecule has 0 radical (unpaired) electrons. The summed E-state index contributed by atoms with van der Waals surface area (Å²) in [6, 6.07) is 18.8. The van der Waals surface area contributed by atoms with E-state index in [1.165, 1.54) is 0 Å². The molecule has 3 aromatic heterocycles. The lowest BCUT2D eigenvalue weighted by Crippen LogP contribution is -2.07. The van der Waals surface area contributed by atoms with E-state index in [9.17, 15) is 9.90 Å². The number of carbonyl (C=O) groups is 1. The maximum atomic E-state index is 12.2. The van der Waals surface area contributed by atoms with Crippen LogP contribution in [0.3, 0.4) is 0 Å². The molecule has 0 aliphatic heterocycles. The summed E-state index contributed by atoms with van der Waals surface area (Å²) in [5, 5.41) is 24.3. The van der Waals surface area contributed by atoms with Crippen LogP contribution in [0.15, 0.2) is 66.9 Å². The highest BCUT2D eigenvalue weighted by molar-refractivity contribution is 6.04. The lowest BCUT2D eigenvalue weighted by atomic mass is 9.99. The van der Waals surface area contributed by atoms with Gasteiger partial charge in [0, 0.05) is 17.7 Å². The maximum Gasteiger partial charge on any atom is 0.341 e. The Morgan fingerprint density at radius 3 is 2.50 bits per heavy atom. The second-order valence-corrected chi connectivity index (χ2v) is 8.06. The number of carboxylic acids is 1. The number of hydrogen-bond donors (Lipinski definition) is 2. The van der Waals surface area contributed by atoms with Crippen molar-refractivity contribution in [1.82, 2.24) is 30.6 Å². The summed E-state index contributed by atoms with van der Waals surface area (Å²) >= 11 is 0. The molecule has 34 heavy (non-hydrogen) atoms. The molecule has 1 aliphatic carbocycles. The summed E-state index contributed by atoms with van der Waals surface area (Å²) < 4.78 is 6.18. The SMILES string of the molecule is O=C(O)c1c(Oc2ccc(-c3ccccc3-c3nn[nH]n3)cc2)c(C2CC2)nc2cccnc12. The van der Waals surface area contributed by atoms with Crippen molar-refractivity contribution in [2.45, 2.75) is 18.8 Å². The molecule has 3 heterocycles. The number of ether oxygens (including phenoxy) is 1. The summed E-state index contributed by atoms with van der Waals surface area (Å²) in [7, 11) is 0. The van der Waals surface area contributed by atoms with Crippen molar-refractivity contribution in [3.63, 3.8) is 0 Å². The molecular weight excluding hydrogens is 432 g/mol. The summed E-state index contributed by atoms with van der Waals surface area (Å²) in [5.41, 5.74) is 4.31. The van der Waals surface area contributed by atoms with E-state index in [0.29, 0.717) is 28.3 Å². The van der Waals surface area contributed by atoms with Gasteiger partial charge in [-0.25, -0.2) is 9.78 Å². The van der Waals surface area contributed by atoms with Crippen molar-refractivity contribution in [2.24, 2.45) is 0 Å². The zero-order chi connectivity index (χ0) is 23.1. The van der Waals surface area contributed by atoms with Crippen LogP contribution in [0.25, 0.3) is 33.5 Å². The number of hydrogen-bond acceptors (Lipinski definition) is 7. The van der Waals surface area contributed by atoms with Gasteiger partial charge in [-0.2, -0.15) is 5.21 Å². The maximum absolute atomic E-state index is 12.2. The summed E-state index contributed by atoms with van der Waals surface area (Å²) in [6.45, 7) is 0. The van der Waals surface area contributed by atoms with Gasteiger partial charge in [0.1, 0.15) is 16.8 Å². The van der Waals surface area contributed by atoms with Crippen LogP contribution in [0.2, 0.25) is 0 Å². The number of fused-ring (bicyclic) bond motifs is 1. The Balaban J connectivity index is 1.40. The van der Waals surface area contributed by atoms with Gasteiger partial charge in [-0.15, -0.1) is 10.2 Å². The van der Waals surface area contributed by atoms with Gasteiger partial charge >= 0.3 is 5.97 Å². The highest BCUT2D eigenvalue weighted by Gasteiger charge is 2.33. The Kier molecular flexibility index (Phi) is 4.72. The molecule has 0 atom stereocenters. The molecule has 0 unspecified atom stereocenters. The normalized spacial score (nSPS) is 13.2. The minimum Gasteiger partial charge on any atom is -0.477 e. The third kappa shape index (κ3) is 3.53. The zero-order valence-electron chi connectivity index (χ0n) is 17.8. The van der Waals surface area contributed by atoms with Gasteiger partial charge in [0.05, 0.1) is 11.2 Å². The molecule has 2 N–H and O–H groups in total. The first-order valence-corrected chi connectivity index (χ1v) is 10.8. The Morgan fingerprint density at radius 1 is 1.00 bits per heavy atom. The number of H-pyrrole nitrogens is 1. The molecule has 166 valence electrons. The van der Waals surface area contributed by atoms with Gasteiger partial charge in [0.15, 0.2) is 5.75 Å². The Bertz CT molecular complexity index is 1510. The van der Waals surface area contributed by atoms with Gasteiger partial charge in [-0.3, -0.25) is 4.98 Å². The number of benzene rings is 2. The smallest absolute Gasteiger partial charge is 0.341 e. The zero-order valence-corrected chi connectivity index (χ0v) is 17.8. The van der Waals surface area contributed by atoms with E-state index in [2.05, 4.69) is 25.6 Å². The first-order valence-electron chi connectivity index (χ1n) is 10.8. The quantitative estimate of drug-likeness (QED) is 0.376. The summed E-state index contributed by atoms with van der Waals surface area (Å²) in [6.07, 6.45) is 3.48. The molecule has 0 saturated heterocycles. The number of nitrogens with zero attached hydrogens (tertiary/aromatic N) is 5. The molecule has 5 aromatic rings. The molecule has 1 fully saturated rings. The number of aromatic carboxylic acids is 1. The van der Waals surface area contributed by atoms with Crippen LogP contribution >= 0.6 is 0 Å². The largest absolute Gasteiger partial charge is 0.477 e. The standard InChI is InChI=1S/C25H18N6O3/c32-25(33)20-22-19(6-3-13-26-22)27-21(15-7-8-15)23(20)34-16-11-9-14(10-12-16)17-4-1-2-5-18(17)24-28-30-31-29-24/h1-6,9-13,15H,7-8H2,(H,32,33)(H,28,29,30,31). The molecule has 1 saturated carbocycles.